The largest absolute Gasteiger partial charge is 0.392 e. The Hall–Kier alpha value is -5.54. The van der Waals surface area contributed by atoms with E-state index in [1.165, 1.54) is 73.6 Å². The number of nitrogens with zero attached hydrogens (tertiary/aromatic N) is 9. The highest BCUT2D eigenvalue weighted by molar-refractivity contribution is 5.92. The van der Waals surface area contributed by atoms with Crippen LogP contribution in [0.4, 0.5) is 0 Å². The van der Waals surface area contributed by atoms with Crippen LogP contribution in [0, 0.1) is 0 Å². The lowest BCUT2D eigenvalue weighted by Crippen LogP contribution is -2.52. The Balaban J connectivity index is -0.00000142. The van der Waals surface area contributed by atoms with Gasteiger partial charge in [0.2, 0.25) is 60.1 Å². The number of aliphatic hydroxyl groups excluding tert-OH is 5. The van der Waals surface area contributed by atoms with Crippen molar-refractivity contribution in [1.82, 2.24) is 49.4 Å². The first-order chi connectivity index (χ1) is 39.1. The predicted octanol–water partition coefficient (Wildman–Crippen LogP) is -0.305. The van der Waals surface area contributed by atoms with Gasteiger partial charge < -0.3 is 80.7 Å². The molecule has 0 aromatic rings. The highest BCUT2D eigenvalue weighted by Gasteiger charge is 2.30. The Labute approximate surface area is 496 Å². The SMILES string of the molecule is CCCCN(CC(=O)N(CC(N)=O)CC(C)O)C(=O)CN(CCCC)C(=O)CN(CC(C)O)C(=O)CN(C=O)CC(C)O.CCCCN(CC)C(=O)CN(CCCC)C(=O)CN(CC(C)O)C(=O)CN(C=O)CC(C)O.CCCCNCC. The zero-order valence-electron chi connectivity index (χ0n) is 52.7. The van der Waals surface area contributed by atoms with Crippen LogP contribution < -0.4 is 11.1 Å². The normalized spacial score (nSPS) is 12.5. The van der Waals surface area contributed by atoms with Crippen LogP contribution in [0.3, 0.4) is 0 Å². The smallest absolute Gasteiger partial charge is 0.242 e. The topological polar surface area (TPSA) is 339 Å². The number of rotatable bonds is 45. The van der Waals surface area contributed by atoms with Crippen LogP contribution in [-0.4, -0.2) is 291 Å². The number of amides is 10. The van der Waals surface area contributed by atoms with Gasteiger partial charge in [0.15, 0.2) is 0 Å². The van der Waals surface area contributed by atoms with Crippen LogP contribution in [0.25, 0.3) is 0 Å². The molecule has 8 N–H and O–H groups in total. The molecule has 26 heteroatoms. The molecule has 10 amide bonds. The van der Waals surface area contributed by atoms with Gasteiger partial charge in [0.05, 0.1) is 82.9 Å². The first kappa shape index (κ1) is 81.7. The summed E-state index contributed by atoms with van der Waals surface area (Å²) < 4.78 is 0. The van der Waals surface area contributed by atoms with Crippen molar-refractivity contribution in [3.8, 4) is 0 Å². The third kappa shape index (κ3) is 42.0. The minimum atomic E-state index is -0.982. The highest BCUT2D eigenvalue weighted by atomic mass is 16.3. The maximum absolute atomic E-state index is 13.4. The predicted molar refractivity (Wildman–Crippen MR) is 318 cm³/mol. The van der Waals surface area contributed by atoms with Crippen molar-refractivity contribution in [1.29, 1.82) is 0 Å². The van der Waals surface area contributed by atoms with Gasteiger partial charge in [-0.1, -0.05) is 73.6 Å². The molecule has 484 valence electrons. The quantitative estimate of drug-likeness (QED) is 0.0304. The molecule has 0 saturated heterocycles. The molecule has 0 bridgehead atoms. The van der Waals surface area contributed by atoms with Crippen molar-refractivity contribution < 1.29 is 73.5 Å². The molecule has 0 aliphatic rings. The molecule has 5 unspecified atom stereocenters. The van der Waals surface area contributed by atoms with Crippen molar-refractivity contribution in [2.75, 3.05) is 131 Å². The van der Waals surface area contributed by atoms with Gasteiger partial charge in [-0.05, 0) is 86.7 Å². The summed E-state index contributed by atoms with van der Waals surface area (Å²) in [6, 6.07) is 0. The van der Waals surface area contributed by atoms with E-state index in [-0.39, 0.29) is 90.4 Å². The molecule has 0 rings (SSSR count). The van der Waals surface area contributed by atoms with E-state index in [9.17, 15) is 73.5 Å². The van der Waals surface area contributed by atoms with E-state index >= 15 is 0 Å². The zero-order chi connectivity index (χ0) is 64.0. The molecule has 26 nitrogen and oxygen atoms in total. The van der Waals surface area contributed by atoms with E-state index in [4.69, 9.17) is 5.73 Å². The lowest BCUT2D eigenvalue weighted by molar-refractivity contribution is -0.147. The van der Waals surface area contributed by atoms with Gasteiger partial charge >= 0.3 is 0 Å². The Bertz CT molecular complexity index is 1830. The maximum Gasteiger partial charge on any atom is 0.242 e. The zero-order valence-corrected chi connectivity index (χ0v) is 52.7. The third-order valence-electron chi connectivity index (χ3n) is 12.3. The van der Waals surface area contributed by atoms with E-state index < -0.39 is 85.6 Å². The Morgan fingerprint density at radius 3 is 0.880 bits per heavy atom. The molecule has 0 aromatic heterocycles. The lowest BCUT2D eigenvalue weighted by atomic mass is 10.2. The minimum absolute atomic E-state index is 0.0204. The molecule has 0 spiro atoms. The third-order valence-corrected chi connectivity index (χ3v) is 12.3. The Morgan fingerprint density at radius 2 is 0.627 bits per heavy atom. The fourth-order valence-electron chi connectivity index (χ4n) is 7.95. The van der Waals surface area contributed by atoms with Crippen LogP contribution in [-0.2, 0) is 47.9 Å². The number of nitrogens with one attached hydrogen (secondary N) is 1. The average molecular weight is 1190 g/mol. The molecular formula is C57H111N11O15. The van der Waals surface area contributed by atoms with Gasteiger partial charge in [-0.25, -0.2) is 0 Å². The van der Waals surface area contributed by atoms with Crippen molar-refractivity contribution >= 4 is 60.1 Å². The second kappa shape index (κ2) is 49.8. The maximum atomic E-state index is 13.4. The Morgan fingerprint density at radius 1 is 0.373 bits per heavy atom. The second-order valence-corrected chi connectivity index (χ2v) is 21.1. The average Bonchev–Trinajstić information content (AvgIpc) is 3.41. The van der Waals surface area contributed by atoms with Crippen molar-refractivity contribution in [3.05, 3.63) is 0 Å². The summed E-state index contributed by atoms with van der Waals surface area (Å²) in [5.74, 6) is -4.08. The van der Waals surface area contributed by atoms with Gasteiger partial charge in [-0.3, -0.25) is 47.9 Å². The molecule has 0 radical (unpaired) electrons. The summed E-state index contributed by atoms with van der Waals surface area (Å²) in [6.45, 7) is 22.5. The first-order valence-corrected chi connectivity index (χ1v) is 29.9. The monoisotopic (exact) mass is 1190 g/mol. The number of aliphatic hydroxyl groups is 5. The van der Waals surface area contributed by atoms with Crippen LogP contribution in [0.2, 0.25) is 0 Å². The summed E-state index contributed by atoms with van der Waals surface area (Å²) in [5, 5.41) is 51.9. The van der Waals surface area contributed by atoms with Crippen molar-refractivity contribution in [2.45, 2.75) is 178 Å². The van der Waals surface area contributed by atoms with Gasteiger partial charge in [0.25, 0.3) is 0 Å². The summed E-state index contributed by atoms with van der Waals surface area (Å²) in [7, 11) is 0. The van der Waals surface area contributed by atoms with E-state index in [2.05, 4.69) is 26.1 Å². The fraction of sp³-hybridized carbons (Fsp3) is 0.825. The van der Waals surface area contributed by atoms with E-state index in [1.807, 2.05) is 27.7 Å². The van der Waals surface area contributed by atoms with Gasteiger partial charge in [-0.2, -0.15) is 0 Å². The number of unbranched alkanes of at least 4 members (excludes halogenated alkanes) is 5. The van der Waals surface area contributed by atoms with Gasteiger partial charge in [0.1, 0.15) is 0 Å². The second-order valence-electron chi connectivity index (χ2n) is 21.1. The van der Waals surface area contributed by atoms with Crippen LogP contribution >= 0.6 is 0 Å². The molecule has 0 fully saturated rings. The van der Waals surface area contributed by atoms with Gasteiger partial charge in [0, 0.05) is 65.4 Å². The number of primary amides is 1. The molecule has 0 aliphatic carbocycles. The van der Waals surface area contributed by atoms with E-state index in [1.54, 1.807) is 4.90 Å². The molecular weight excluding hydrogens is 1080 g/mol. The summed E-state index contributed by atoms with van der Waals surface area (Å²) >= 11 is 0. The van der Waals surface area contributed by atoms with E-state index in [0.717, 1.165) is 58.2 Å². The fourth-order valence-corrected chi connectivity index (χ4v) is 7.95. The van der Waals surface area contributed by atoms with E-state index in [0.29, 0.717) is 51.7 Å². The van der Waals surface area contributed by atoms with Gasteiger partial charge in [-0.15, -0.1) is 0 Å². The first-order valence-electron chi connectivity index (χ1n) is 29.9. The number of nitrogens with two attached hydrogens (primary N) is 1. The molecule has 5 atom stereocenters. The number of carbonyl (C=O) groups excluding carboxylic acids is 10. The minimum Gasteiger partial charge on any atom is -0.392 e. The summed E-state index contributed by atoms with van der Waals surface area (Å²) in [5.41, 5.74) is 5.26. The summed E-state index contributed by atoms with van der Waals surface area (Å²) in [6.07, 6.45) is 5.00. The Kier molecular flexibility index (Phi) is 49.0. The number of hydrogen-bond acceptors (Lipinski definition) is 16. The number of likely N-dealkylation sites (N-methyl/N-ethyl adjacent to an activating group) is 1. The number of hydrogen-bond donors (Lipinski definition) is 7. The summed E-state index contributed by atoms with van der Waals surface area (Å²) in [4.78, 5) is 137. The molecule has 0 saturated carbocycles. The molecule has 0 aromatic carbocycles. The van der Waals surface area contributed by atoms with Crippen LogP contribution in [0.1, 0.15) is 147 Å². The van der Waals surface area contributed by atoms with Crippen molar-refractivity contribution in [3.63, 3.8) is 0 Å². The van der Waals surface area contributed by atoms with Crippen molar-refractivity contribution in [2.24, 2.45) is 5.73 Å². The van der Waals surface area contributed by atoms with Crippen LogP contribution in [0.5, 0.6) is 0 Å². The molecule has 0 aliphatic heterocycles. The highest BCUT2D eigenvalue weighted by Crippen LogP contribution is 2.09. The van der Waals surface area contributed by atoms with Crippen LogP contribution in [0.15, 0.2) is 0 Å². The standard InChI is InChI=1S/C28H52N6O9.C23H44N4O6.C6H15N/c1-6-8-10-31(27(42)19-34(14-23(5)38)25(40)16-30(20-35)12-21(3)36)17-26(41)32(11-9-7-2)18-28(43)33(13-22(4)37)15-24(29)39;1-6-9-11-25(8-3)22(32)16-26(12-10-7-2)23(33)17-27(14-20(5)30)21(31)15-24(18-28)13-19(4)29;1-3-5-6-7-4-2/h20-23,36-38H,6-19H2,1-5H3,(H2,29,39);18-20,29-30H,6-17H2,1-5H3;7H,3-6H2,1-2H3. The molecule has 83 heavy (non-hydrogen) atoms. The molecule has 0 heterocycles. The number of carbonyl (C=O) groups is 10. The lowest BCUT2D eigenvalue weighted by Gasteiger charge is -2.32.